The maximum atomic E-state index is 13.4. The molecule has 0 bridgehead atoms. The van der Waals surface area contributed by atoms with Gasteiger partial charge in [0, 0.05) is 25.7 Å². The minimum atomic E-state index is -4.05. The third-order valence-electron chi connectivity index (χ3n) is 7.23. The fourth-order valence-corrected chi connectivity index (χ4v) is 7.34. The van der Waals surface area contributed by atoms with Crippen molar-refractivity contribution in [1.82, 2.24) is 15.3 Å². The first kappa shape index (κ1) is 28.9. The van der Waals surface area contributed by atoms with Crippen molar-refractivity contribution in [1.29, 1.82) is 0 Å². The molecule has 1 fully saturated rings. The van der Waals surface area contributed by atoms with Crippen molar-refractivity contribution in [3.8, 4) is 5.75 Å². The van der Waals surface area contributed by atoms with Crippen molar-refractivity contribution >= 4 is 31.4 Å². The summed E-state index contributed by atoms with van der Waals surface area (Å²) in [5, 5.41) is 3.47. The third-order valence-corrected chi connectivity index (χ3v) is 10.3. The molecule has 0 radical (unpaired) electrons. The highest BCUT2D eigenvalue weighted by Gasteiger charge is 2.26. The fraction of sp³-hybridized carbons (Fsp3) is 0.444. The lowest BCUT2D eigenvalue weighted by Crippen LogP contribution is -2.29. The van der Waals surface area contributed by atoms with Crippen LogP contribution in [-0.4, -0.2) is 47.0 Å². The van der Waals surface area contributed by atoms with Crippen LogP contribution in [0.3, 0.4) is 0 Å². The Morgan fingerprint density at radius 2 is 1.85 bits per heavy atom. The number of H-pyrrole nitrogens is 1. The molecule has 0 spiro atoms. The molecule has 1 aliphatic rings. The summed E-state index contributed by atoms with van der Waals surface area (Å²) in [4.78, 5) is 6.24. The monoisotopic (exact) mass is 575 g/mol. The Hall–Kier alpha value is -3.09. The van der Waals surface area contributed by atoms with Crippen molar-refractivity contribution in [3.63, 3.8) is 0 Å². The first-order valence-corrected chi connectivity index (χ1v) is 16.0. The molecule has 0 aliphatic heterocycles. The zero-order valence-corrected chi connectivity index (χ0v) is 24.2. The van der Waals surface area contributed by atoms with E-state index in [1.165, 1.54) is 77.0 Å². The molecule has 10 nitrogen and oxygen atoms in total. The summed E-state index contributed by atoms with van der Waals surface area (Å²) < 4.78 is 61.7. The molecule has 1 saturated carbocycles. The van der Waals surface area contributed by atoms with Crippen LogP contribution in [0.15, 0.2) is 64.9 Å². The van der Waals surface area contributed by atoms with Gasteiger partial charge in [0.25, 0.3) is 20.0 Å². The summed E-state index contributed by atoms with van der Waals surface area (Å²) in [6, 6.07) is 11.7. The van der Waals surface area contributed by atoms with Crippen LogP contribution >= 0.6 is 0 Å². The topological polar surface area (TPSA) is 133 Å². The van der Waals surface area contributed by atoms with Crippen molar-refractivity contribution in [2.45, 2.75) is 68.0 Å². The van der Waals surface area contributed by atoms with Crippen molar-refractivity contribution in [2.24, 2.45) is 5.92 Å². The van der Waals surface area contributed by atoms with E-state index in [1.54, 1.807) is 12.1 Å². The van der Waals surface area contributed by atoms with Gasteiger partial charge in [-0.05, 0) is 43.0 Å². The summed E-state index contributed by atoms with van der Waals surface area (Å²) in [6.45, 7) is 2.70. The van der Waals surface area contributed by atoms with Crippen LogP contribution in [0.5, 0.6) is 5.75 Å². The number of imidazole rings is 1. The average molecular weight is 576 g/mol. The summed E-state index contributed by atoms with van der Waals surface area (Å²) in [6.07, 6.45) is 10.1. The second-order valence-electron chi connectivity index (χ2n) is 10.0. The van der Waals surface area contributed by atoms with E-state index in [2.05, 4.69) is 26.9 Å². The number of sulfonamides is 2. The minimum Gasteiger partial charge on any atom is -0.495 e. The first-order valence-electron chi connectivity index (χ1n) is 13.1. The number of benzene rings is 2. The highest BCUT2D eigenvalue weighted by atomic mass is 32.2. The standard InChI is InChI=1S/C27H37N5O5S2/c1-20(15-21-9-5-4-6-10-21)29-17-22-11-7-8-12-24(22)31-38(33,34)26-14-13-23(16-25(26)37-3)32(2)39(35,36)27-18-28-19-30-27/h7-8,11-14,16,18-21,29,31H,4-6,9-10,15,17H2,1-3H3,(H,28,30). The van der Waals surface area contributed by atoms with Gasteiger partial charge in [-0.3, -0.25) is 9.03 Å². The SMILES string of the molecule is COc1cc(N(C)S(=O)(=O)c2cnc[nH]2)ccc1S(=O)(=O)Nc1ccccc1CNC(C)CC1CCCCC1. The number of hydrogen-bond acceptors (Lipinski definition) is 7. The summed E-state index contributed by atoms with van der Waals surface area (Å²) >= 11 is 0. The van der Waals surface area contributed by atoms with E-state index >= 15 is 0 Å². The number of methoxy groups -OCH3 is 1. The molecule has 1 unspecified atom stereocenters. The highest BCUT2D eigenvalue weighted by Crippen LogP contribution is 2.33. The molecule has 12 heteroatoms. The molecule has 39 heavy (non-hydrogen) atoms. The lowest BCUT2D eigenvalue weighted by molar-refractivity contribution is 0.305. The van der Waals surface area contributed by atoms with Crippen LogP contribution in [0.2, 0.25) is 0 Å². The van der Waals surface area contributed by atoms with Crippen LogP contribution in [0.25, 0.3) is 0 Å². The molecule has 0 amide bonds. The van der Waals surface area contributed by atoms with Crippen molar-refractivity contribution in [3.05, 3.63) is 60.6 Å². The second-order valence-corrected chi connectivity index (χ2v) is 13.6. The molecular formula is C27H37N5O5S2. The van der Waals surface area contributed by atoms with E-state index in [-0.39, 0.29) is 21.4 Å². The van der Waals surface area contributed by atoms with E-state index in [9.17, 15) is 16.8 Å². The van der Waals surface area contributed by atoms with Crippen LogP contribution in [0, 0.1) is 5.92 Å². The van der Waals surface area contributed by atoms with Gasteiger partial charge in [0.15, 0.2) is 5.03 Å². The van der Waals surface area contributed by atoms with Gasteiger partial charge >= 0.3 is 0 Å². The maximum Gasteiger partial charge on any atom is 0.281 e. The van der Waals surface area contributed by atoms with E-state index in [1.807, 2.05) is 12.1 Å². The van der Waals surface area contributed by atoms with E-state index in [0.717, 1.165) is 22.2 Å². The van der Waals surface area contributed by atoms with Gasteiger partial charge in [-0.2, -0.15) is 8.42 Å². The number of aromatic nitrogens is 2. The number of hydrogen-bond donors (Lipinski definition) is 3. The molecule has 3 N–H and O–H groups in total. The zero-order valence-electron chi connectivity index (χ0n) is 22.6. The molecule has 1 aromatic heterocycles. The molecule has 2 aromatic carbocycles. The number of nitrogens with zero attached hydrogens (tertiary/aromatic N) is 2. The van der Waals surface area contributed by atoms with E-state index < -0.39 is 20.0 Å². The Morgan fingerprint density at radius 1 is 1.10 bits per heavy atom. The Kier molecular flexibility index (Phi) is 9.19. The van der Waals surface area contributed by atoms with Gasteiger partial charge in [-0.15, -0.1) is 0 Å². The number of aromatic amines is 1. The molecule has 1 heterocycles. The Balaban J connectivity index is 1.49. The van der Waals surface area contributed by atoms with Gasteiger partial charge in [-0.1, -0.05) is 50.3 Å². The Morgan fingerprint density at radius 3 is 2.54 bits per heavy atom. The molecule has 1 aliphatic carbocycles. The summed E-state index contributed by atoms with van der Waals surface area (Å²) in [7, 11) is -5.25. The van der Waals surface area contributed by atoms with E-state index in [4.69, 9.17) is 4.74 Å². The number of para-hydroxylation sites is 1. The van der Waals surface area contributed by atoms with E-state index in [0.29, 0.717) is 18.3 Å². The lowest BCUT2D eigenvalue weighted by Gasteiger charge is -2.25. The Labute approximate surface area is 231 Å². The maximum absolute atomic E-state index is 13.4. The third kappa shape index (κ3) is 6.92. The minimum absolute atomic E-state index is 0.0170. The van der Waals surface area contributed by atoms with Crippen LogP contribution in [0.1, 0.15) is 51.0 Å². The molecular weight excluding hydrogens is 538 g/mol. The smallest absolute Gasteiger partial charge is 0.281 e. The predicted molar refractivity (Wildman–Crippen MR) is 152 cm³/mol. The van der Waals surface area contributed by atoms with Gasteiger partial charge < -0.3 is 15.0 Å². The average Bonchev–Trinajstić information content (AvgIpc) is 3.48. The van der Waals surface area contributed by atoms with Crippen LogP contribution in [0.4, 0.5) is 11.4 Å². The van der Waals surface area contributed by atoms with Crippen molar-refractivity contribution in [2.75, 3.05) is 23.2 Å². The first-order chi connectivity index (χ1) is 18.6. The summed E-state index contributed by atoms with van der Waals surface area (Å²) in [5.41, 5.74) is 1.54. The predicted octanol–water partition coefficient (Wildman–Crippen LogP) is 4.49. The van der Waals surface area contributed by atoms with Crippen molar-refractivity contribution < 1.29 is 21.6 Å². The molecule has 3 aromatic rings. The quantitative estimate of drug-likeness (QED) is 0.290. The Bertz CT molecular complexity index is 1450. The fourth-order valence-electron chi connectivity index (χ4n) is 5.01. The van der Waals surface area contributed by atoms with Gasteiger partial charge in [0.1, 0.15) is 10.6 Å². The highest BCUT2D eigenvalue weighted by molar-refractivity contribution is 7.93. The largest absolute Gasteiger partial charge is 0.495 e. The van der Waals surface area contributed by atoms with Gasteiger partial charge in [0.2, 0.25) is 0 Å². The second kappa shape index (κ2) is 12.4. The number of rotatable bonds is 12. The van der Waals surface area contributed by atoms with Gasteiger partial charge in [0.05, 0.1) is 31.0 Å². The summed E-state index contributed by atoms with van der Waals surface area (Å²) in [5.74, 6) is 0.766. The number of anilines is 2. The molecule has 4 rings (SSSR count). The lowest BCUT2D eigenvalue weighted by atomic mass is 9.85. The number of nitrogens with one attached hydrogen (secondary N) is 3. The van der Waals surface area contributed by atoms with Crippen LogP contribution < -0.4 is 19.1 Å². The number of ether oxygens (including phenoxy) is 1. The molecule has 1 atom stereocenters. The zero-order chi connectivity index (χ0) is 28.0. The molecule has 0 saturated heterocycles. The van der Waals surface area contributed by atoms with Crippen LogP contribution in [-0.2, 0) is 26.6 Å². The molecule has 212 valence electrons. The van der Waals surface area contributed by atoms with Gasteiger partial charge in [-0.25, -0.2) is 13.4 Å². The normalized spacial score (nSPS) is 15.6.